The SMILES string of the molecule is CCc1nnc(SCC2CCCC2)c(C(=O)O)c1CC. The number of thioether (sulfide) groups is 1. The van der Waals surface area contributed by atoms with Crippen LogP contribution in [0.5, 0.6) is 0 Å². The van der Waals surface area contributed by atoms with Crippen molar-refractivity contribution in [3.63, 3.8) is 0 Å². The molecule has 0 aromatic carbocycles. The Bertz CT molecular complexity index is 485. The fourth-order valence-electron chi connectivity index (χ4n) is 2.85. The van der Waals surface area contributed by atoms with E-state index >= 15 is 0 Å². The van der Waals surface area contributed by atoms with Gasteiger partial charge in [0.1, 0.15) is 5.03 Å². The van der Waals surface area contributed by atoms with E-state index in [0.717, 1.165) is 23.4 Å². The first-order chi connectivity index (χ1) is 9.67. The molecule has 0 unspecified atom stereocenters. The fourth-order valence-corrected chi connectivity index (χ4v) is 4.03. The molecule has 1 aromatic rings. The summed E-state index contributed by atoms with van der Waals surface area (Å²) in [6, 6.07) is 0. The first-order valence-corrected chi connectivity index (χ1v) is 8.40. The third-order valence-corrected chi connectivity index (χ3v) is 5.16. The van der Waals surface area contributed by atoms with Crippen LogP contribution in [0.2, 0.25) is 0 Å². The maximum Gasteiger partial charge on any atom is 0.338 e. The summed E-state index contributed by atoms with van der Waals surface area (Å²) >= 11 is 1.57. The molecular formula is C15H22N2O2S. The van der Waals surface area contributed by atoms with Gasteiger partial charge in [0.05, 0.1) is 11.3 Å². The Balaban J connectivity index is 2.24. The van der Waals surface area contributed by atoms with E-state index in [4.69, 9.17) is 0 Å². The average Bonchev–Trinajstić information content (AvgIpc) is 2.96. The maximum atomic E-state index is 11.6. The van der Waals surface area contributed by atoms with Crippen molar-refractivity contribution in [1.29, 1.82) is 0 Å². The molecule has 20 heavy (non-hydrogen) atoms. The van der Waals surface area contributed by atoms with Gasteiger partial charge in [0.25, 0.3) is 0 Å². The number of carboxylic acid groups (broad SMARTS) is 1. The lowest BCUT2D eigenvalue weighted by Crippen LogP contribution is -2.12. The first-order valence-electron chi connectivity index (χ1n) is 7.41. The normalized spacial score (nSPS) is 15.7. The van der Waals surface area contributed by atoms with Crippen molar-refractivity contribution in [3.05, 3.63) is 16.8 Å². The van der Waals surface area contributed by atoms with Crippen LogP contribution in [0.25, 0.3) is 0 Å². The summed E-state index contributed by atoms with van der Waals surface area (Å²) in [6.07, 6.45) is 6.55. The molecule has 0 bridgehead atoms. The van der Waals surface area contributed by atoms with Crippen molar-refractivity contribution in [2.45, 2.75) is 57.4 Å². The Hall–Kier alpha value is -1.10. The molecule has 1 aliphatic rings. The molecule has 1 saturated carbocycles. The summed E-state index contributed by atoms with van der Waals surface area (Å²) in [5.74, 6) is 0.795. The number of hydrogen-bond donors (Lipinski definition) is 1. The minimum absolute atomic E-state index is 0.377. The van der Waals surface area contributed by atoms with Gasteiger partial charge in [-0.15, -0.1) is 16.9 Å². The molecule has 1 aromatic heterocycles. The molecule has 4 nitrogen and oxygen atoms in total. The largest absolute Gasteiger partial charge is 0.478 e. The Morgan fingerprint density at radius 1 is 1.25 bits per heavy atom. The number of carboxylic acids is 1. The highest BCUT2D eigenvalue weighted by Crippen LogP contribution is 2.32. The topological polar surface area (TPSA) is 63.1 Å². The molecule has 0 amide bonds. The average molecular weight is 294 g/mol. The molecule has 0 atom stereocenters. The first kappa shape index (κ1) is 15.3. The number of nitrogens with zero attached hydrogens (tertiary/aromatic N) is 2. The summed E-state index contributed by atoms with van der Waals surface area (Å²) in [5.41, 5.74) is 2.04. The zero-order valence-corrected chi connectivity index (χ0v) is 13.0. The molecule has 1 N–H and O–H groups in total. The lowest BCUT2D eigenvalue weighted by atomic mass is 10.0. The minimum Gasteiger partial charge on any atom is -0.478 e. The van der Waals surface area contributed by atoms with Crippen LogP contribution in [0.15, 0.2) is 5.03 Å². The van der Waals surface area contributed by atoms with Gasteiger partial charge in [-0.25, -0.2) is 4.79 Å². The molecule has 0 spiro atoms. The molecular weight excluding hydrogens is 272 g/mol. The lowest BCUT2D eigenvalue weighted by Gasteiger charge is -2.13. The number of aromatic carboxylic acids is 1. The summed E-state index contributed by atoms with van der Waals surface area (Å²) in [5, 5.41) is 18.5. The number of hydrogen-bond acceptors (Lipinski definition) is 4. The standard InChI is InChI=1S/C15H22N2O2S/c1-3-11-12(4-2)16-17-14(13(11)15(18)19)20-9-10-7-5-6-8-10/h10H,3-9H2,1-2H3,(H,18,19). The third-order valence-electron chi connectivity index (χ3n) is 3.96. The maximum absolute atomic E-state index is 11.6. The van der Waals surface area contributed by atoms with E-state index in [1.54, 1.807) is 11.8 Å². The number of aromatic nitrogens is 2. The van der Waals surface area contributed by atoms with Gasteiger partial charge in [0.2, 0.25) is 0 Å². The van der Waals surface area contributed by atoms with Gasteiger partial charge in [-0.1, -0.05) is 26.7 Å². The quantitative estimate of drug-likeness (QED) is 0.812. The van der Waals surface area contributed by atoms with Crippen molar-refractivity contribution in [2.24, 2.45) is 5.92 Å². The lowest BCUT2D eigenvalue weighted by molar-refractivity contribution is 0.0690. The van der Waals surface area contributed by atoms with Gasteiger partial charge in [-0.2, -0.15) is 5.10 Å². The highest BCUT2D eigenvalue weighted by atomic mass is 32.2. The van der Waals surface area contributed by atoms with Crippen LogP contribution in [0.3, 0.4) is 0 Å². The van der Waals surface area contributed by atoms with Crippen molar-refractivity contribution in [2.75, 3.05) is 5.75 Å². The van der Waals surface area contributed by atoms with Crippen LogP contribution < -0.4 is 0 Å². The Morgan fingerprint density at radius 3 is 2.50 bits per heavy atom. The van der Waals surface area contributed by atoms with E-state index < -0.39 is 5.97 Å². The molecule has 2 rings (SSSR count). The van der Waals surface area contributed by atoms with Gasteiger partial charge < -0.3 is 5.11 Å². The van der Waals surface area contributed by atoms with Crippen LogP contribution in [-0.4, -0.2) is 27.0 Å². The Labute approximate surface area is 124 Å². The summed E-state index contributed by atoms with van der Waals surface area (Å²) in [7, 11) is 0. The van der Waals surface area contributed by atoms with E-state index in [1.165, 1.54) is 25.7 Å². The smallest absolute Gasteiger partial charge is 0.338 e. The van der Waals surface area contributed by atoms with E-state index in [0.29, 0.717) is 22.9 Å². The van der Waals surface area contributed by atoms with Crippen LogP contribution in [0.4, 0.5) is 0 Å². The van der Waals surface area contributed by atoms with Crippen molar-refractivity contribution >= 4 is 17.7 Å². The Morgan fingerprint density at radius 2 is 1.95 bits per heavy atom. The highest BCUT2D eigenvalue weighted by molar-refractivity contribution is 7.99. The van der Waals surface area contributed by atoms with E-state index in [1.807, 2.05) is 13.8 Å². The van der Waals surface area contributed by atoms with Crippen molar-refractivity contribution in [3.8, 4) is 0 Å². The molecule has 0 saturated heterocycles. The van der Waals surface area contributed by atoms with Crippen LogP contribution in [0.1, 0.15) is 61.1 Å². The molecule has 5 heteroatoms. The minimum atomic E-state index is -0.875. The van der Waals surface area contributed by atoms with Gasteiger partial charge in [0, 0.05) is 5.75 Å². The van der Waals surface area contributed by atoms with Gasteiger partial charge in [0.15, 0.2) is 0 Å². The second-order valence-electron chi connectivity index (χ2n) is 5.28. The molecule has 1 heterocycles. The van der Waals surface area contributed by atoms with E-state index in [2.05, 4.69) is 10.2 Å². The number of carbonyl (C=O) groups is 1. The van der Waals surface area contributed by atoms with Crippen molar-refractivity contribution < 1.29 is 9.90 Å². The zero-order chi connectivity index (χ0) is 14.5. The van der Waals surface area contributed by atoms with E-state index in [-0.39, 0.29) is 0 Å². The summed E-state index contributed by atoms with van der Waals surface area (Å²) in [6.45, 7) is 3.97. The van der Waals surface area contributed by atoms with Crippen LogP contribution in [0, 0.1) is 5.92 Å². The predicted octanol–water partition coefficient (Wildman–Crippen LogP) is 3.58. The van der Waals surface area contributed by atoms with Gasteiger partial charge in [-0.3, -0.25) is 0 Å². The summed E-state index contributed by atoms with van der Waals surface area (Å²) < 4.78 is 0. The molecule has 1 fully saturated rings. The highest BCUT2D eigenvalue weighted by Gasteiger charge is 2.22. The third kappa shape index (κ3) is 3.32. The van der Waals surface area contributed by atoms with Gasteiger partial charge >= 0.3 is 5.97 Å². The number of rotatable bonds is 6. The molecule has 0 aliphatic heterocycles. The van der Waals surface area contributed by atoms with Crippen LogP contribution >= 0.6 is 11.8 Å². The van der Waals surface area contributed by atoms with Crippen molar-refractivity contribution in [1.82, 2.24) is 10.2 Å². The Kier molecular flexibility index (Phi) is 5.40. The summed E-state index contributed by atoms with van der Waals surface area (Å²) in [4.78, 5) is 11.6. The second-order valence-corrected chi connectivity index (χ2v) is 6.29. The van der Waals surface area contributed by atoms with Crippen LogP contribution in [-0.2, 0) is 12.8 Å². The molecule has 1 aliphatic carbocycles. The predicted molar refractivity (Wildman–Crippen MR) is 80.4 cm³/mol. The zero-order valence-electron chi connectivity index (χ0n) is 12.2. The second kappa shape index (κ2) is 7.07. The van der Waals surface area contributed by atoms with E-state index in [9.17, 15) is 9.90 Å². The molecule has 0 radical (unpaired) electrons. The fraction of sp³-hybridized carbons (Fsp3) is 0.667. The monoisotopic (exact) mass is 294 g/mol. The molecule has 110 valence electrons. The van der Waals surface area contributed by atoms with Gasteiger partial charge in [-0.05, 0) is 37.2 Å². The number of aryl methyl sites for hydroxylation is 1.